The minimum Gasteiger partial charge on any atom is -0.417 e. The highest BCUT2D eigenvalue weighted by Gasteiger charge is 2.28. The van der Waals surface area contributed by atoms with Gasteiger partial charge in [-0.05, 0) is 39.9 Å². The molecule has 6 heteroatoms. The van der Waals surface area contributed by atoms with Crippen molar-refractivity contribution in [2.45, 2.75) is 32.2 Å². The second-order valence-electron chi connectivity index (χ2n) is 7.43. The molecule has 1 atom stereocenters. The summed E-state index contributed by atoms with van der Waals surface area (Å²) < 4.78 is 5.43. The number of hydrogen-bond acceptors (Lipinski definition) is 5. The standard InChI is InChI=1S/C25H26N2O4/c1-2-24(31-27-18-13-11-17(16-28)12-14-18)30-25(29)26-15-23-21-9-5-3-7-19(21)20-8-4-6-10-22(20)23/h3-14,23-24,27-28H,2,15-16H2,1H3,(H,26,29). The number of aliphatic hydroxyl groups excluding tert-OH is 1. The van der Waals surface area contributed by atoms with E-state index in [0.717, 1.165) is 5.56 Å². The van der Waals surface area contributed by atoms with E-state index < -0.39 is 12.4 Å². The van der Waals surface area contributed by atoms with Gasteiger partial charge in [0, 0.05) is 18.9 Å². The van der Waals surface area contributed by atoms with Gasteiger partial charge in [-0.2, -0.15) is 0 Å². The summed E-state index contributed by atoms with van der Waals surface area (Å²) in [5.74, 6) is 0.0871. The Morgan fingerprint density at radius 1 is 0.968 bits per heavy atom. The lowest BCUT2D eigenvalue weighted by atomic mass is 9.97. The first-order valence-corrected chi connectivity index (χ1v) is 10.4. The molecule has 0 saturated carbocycles. The highest BCUT2D eigenvalue weighted by Crippen LogP contribution is 2.44. The van der Waals surface area contributed by atoms with Crippen LogP contribution in [0.15, 0.2) is 72.8 Å². The second-order valence-corrected chi connectivity index (χ2v) is 7.43. The van der Waals surface area contributed by atoms with Crippen LogP contribution >= 0.6 is 0 Å². The molecule has 160 valence electrons. The maximum absolute atomic E-state index is 12.4. The minimum absolute atomic E-state index is 0.0159. The van der Waals surface area contributed by atoms with Gasteiger partial charge in [0.05, 0.1) is 12.3 Å². The van der Waals surface area contributed by atoms with Gasteiger partial charge in [-0.3, -0.25) is 5.48 Å². The Kier molecular flexibility index (Phi) is 6.50. The van der Waals surface area contributed by atoms with Crippen molar-refractivity contribution < 1.29 is 19.5 Å². The summed E-state index contributed by atoms with van der Waals surface area (Å²) in [7, 11) is 0. The fraction of sp³-hybridized carbons (Fsp3) is 0.240. The van der Waals surface area contributed by atoms with Crippen LogP contribution in [0.25, 0.3) is 11.1 Å². The van der Waals surface area contributed by atoms with Gasteiger partial charge in [-0.25, -0.2) is 9.63 Å². The molecule has 31 heavy (non-hydrogen) atoms. The van der Waals surface area contributed by atoms with Gasteiger partial charge >= 0.3 is 6.09 Å². The molecule has 3 aromatic carbocycles. The summed E-state index contributed by atoms with van der Waals surface area (Å²) in [6, 6.07) is 23.7. The first-order valence-electron chi connectivity index (χ1n) is 10.4. The van der Waals surface area contributed by atoms with Crippen LogP contribution in [0.1, 0.15) is 36.0 Å². The molecule has 1 aliphatic carbocycles. The van der Waals surface area contributed by atoms with Gasteiger partial charge in [0.2, 0.25) is 6.29 Å². The number of benzene rings is 3. The monoisotopic (exact) mass is 418 g/mol. The maximum atomic E-state index is 12.4. The number of alkyl carbamates (subject to hydrolysis) is 1. The highest BCUT2D eigenvalue weighted by atomic mass is 16.8. The van der Waals surface area contributed by atoms with Crippen LogP contribution in [0.5, 0.6) is 0 Å². The van der Waals surface area contributed by atoms with Crippen molar-refractivity contribution in [2.75, 3.05) is 12.0 Å². The normalized spacial score (nSPS) is 13.2. The Balaban J connectivity index is 1.33. The number of fused-ring (bicyclic) bond motifs is 3. The number of carbonyl (C=O) groups is 1. The van der Waals surface area contributed by atoms with Gasteiger partial charge in [-0.1, -0.05) is 67.6 Å². The summed E-state index contributed by atoms with van der Waals surface area (Å²) >= 11 is 0. The molecule has 1 unspecified atom stereocenters. The number of anilines is 1. The van der Waals surface area contributed by atoms with Crippen molar-refractivity contribution in [1.82, 2.24) is 5.32 Å². The Morgan fingerprint density at radius 2 is 1.58 bits per heavy atom. The van der Waals surface area contributed by atoms with Crippen LogP contribution in [-0.2, 0) is 16.2 Å². The second kappa shape index (κ2) is 9.64. The quantitative estimate of drug-likeness (QED) is 0.362. The number of aliphatic hydroxyl groups is 1. The number of carbonyl (C=O) groups excluding carboxylic acids is 1. The fourth-order valence-corrected chi connectivity index (χ4v) is 3.83. The highest BCUT2D eigenvalue weighted by molar-refractivity contribution is 5.79. The van der Waals surface area contributed by atoms with Crippen molar-refractivity contribution in [3.63, 3.8) is 0 Å². The third-order valence-electron chi connectivity index (χ3n) is 5.43. The van der Waals surface area contributed by atoms with Crippen molar-refractivity contribution in [3.8, 4) is 11.1 Å². The lowest BCUT2D eigenvalue weighted by Crippen LogP contribution is -2.33. The van der Waals surface area contributed by atoms with E-state index in [-0.39, 0.29) is 12.5 Å². The molecule has 0 fully saturated rings. The summed E-state index contributed by atoms with van der Waals surface area (Å²) in [6.45, 7) is 2.30. The molecule has 0 bridgehead atoms. The molecule has 3 aromatic rings. The van der Waals surface area contributed by atoms with Crippen molar-refractivity contribution in [1.29, 1.82) is 0 Å². The number of hydrogen-bond donors (Lipinski definition) is 3. The van der Waals surface area contributed by atoms with Crippen molar-refractivity contribution in [3.05, 3.63) is 89.5 Å². The molecule has 3 N–H and O–H groups in total. The SMILES string of the molecule is CCC(ONc1ccc(CO)cc1)OC(=O)NCC1c2ccccc2-c2ccccc21. The average Bonchev–Trinajstić information content (AvgIpc) is 3.14. The first kappa shape index (κ1) is 20.9. The molecule has 0 aliphatic heterocycles. The smallest absolute Gasteiger partial charge is 0.409 e. The first-order chi connectivity index (χ1) is 15.2. The van der Waals surface area contributed by atoms with E-state index in [1.807, 2.05) is 31.2 Å². The number of rotatable bonds is 8. The molecule has 0 spiro atoms. The zero-order valence-corrected chi connectivity index (χ0v) is 17.4. The molecule has 0 radical (unpaired) electrons. The summed E-state index contributed by atoms with van der Waals surface area (Å²) in [5.41, 5.74) is 9.15. The molecule has 1 amide bonds. The zero-order valence-electron chi connectivity index (χ0n) is 17.4. The lowest BCUT2D eigenvalue weighted by Gasteiger charge is -2.19. The lowest BCUT2D eigenvalue weighted by molar-refractivity contribution is -0.0830. The van der Waals surface area contributed by atoms with Gasteiger partial charge in [-0.15, -0.1) is 0 Å². The number of ether oxygens (including phenoxy) is 1. The molecule has 6 nitrogen and oxygen atoms in total. The predicted octanol–water partition coefficient (Wildman–Crippen LogP) is 4.80. The van der Waals surface area contributed by atoms with Crippen LogP contribution in [0.4, 0.5) is 10.5 Å². The van der Waals surface area contributed by atoms with E-state index in [2.05, 4.69) is 35.1 Å². The van der Waals surface area contributed by atoms with Crippen LogP contribution in [-0.4, -0.2) is 24.0 Å². The average molecular weight is 418 g/mol. The third kappa shape index (κ3) is 4.71. The Bertz CT molecular complexity index is 990. The largest absolute Gasteiger partial charge is 0.417 e. The summed E-state index contributed by atoms with van der Waals surface area (Å²) in [5, 5.41) is 12.0. The molecule has 0 aromatic heterocycles. The topological polar surface area (TPSA) is 79.8 Å². The molecule has 4 rings (SSSR count). The fourth-order valence-electron chi connectivity index (χ4n) is 3.83. The minimum atomic E-state index is -0.735. The van der Waals surface area contributed by atoms with Crippen molar-refractivity contribution >= 4 is 11.8 Å². The Labute approximate surface area is 181 Å². The molecular weight excluding hydrogens is 392 g/mol. The van der Waals surface area contributed by atoms with Gasteiger partial charge < -0.3 is 15.2 Å². The summed E-state index contributed by atoms with van der Waals surface area (Å²) in [4.78, 5) is 17.9. The van der Waals surface area contributed by atoms with E-state index in [1.54, 1.807) is 24.3 Å². The maximum Gasteiger partial charge on any atom is 0.409 e. The van der Waals surface area contributed by atoms with E-state index in [0.29, 0.717) is 18.7 Å². The number of nitrogens with one attached hydrogen (secondary N) is 2. The Hall–Kier alpha value is -3.35. The molecule has 0 saturated heterocycles. The van der Waals surface area contributed by atoms with Crippen LogP contribution in [0, 0.1) is 0 Å². The van der Waals surface area contributed by atoms with Crippen LogP contribution in [0.2, 0.25) is 0 Å². The summed E-state index contributed by atoms with van der Waals surface area (Å²) in [6.07, 6.45) is -0.767. The molecule has 0 heterocycles. The van der Waals surface area contributed by atoms with E-state index in [4.69, 9.17) is 14.7 Å². The van der Waals surface area contributed by atoms with E-state index in [9.17, 15) is 4.79 Å². The van der Waals surface area contributed by atoms with Crippen molar-refractivity contribution in [2.24, 2.45) is 0 Å². The predicted molar refractivity (Wildman–Crippen MR) is 119 cm³/mol. The van der Waals surface area contributed by atoms with Crippen LogP contribution in [0.3, 0.4) is 0 Å². The molecule has 1 aliphatic rings. The molecular formula is C25H26N2O4. The van der Waals surface area contributed by atoms with E-state index in [1.165, 1.54) is 22.3 Å². The van der Waals surface area contributed by atoms with Gasteiger partial charge in [0.15, 0.2) is 0 Å². The zero-order chi connectivity index (χ0) is 21.6. The van der Waals surface area contributed by atoms with Gasteiger partial charge in [0.25, 0.3) is 0 Å². The number of amides is 1. The van der Waals surface area contributed by atoms with Crippen LogP contribution < -0.4 is 10.8 Å². The third-order valence-corrected chi connectivity index (χ3v) is 5.43. The Morgan fingerprint density at radius 3 is 2.16 bits per heavy atom. The van der Waals surface area contributed by atoms with E-state index >= 15 is 0 Å². The van der Waals surface area contributed by atoms with Gasteiger partial charge in [0.1, 0.15) is 0 Å².